The number of hydrogen-bond acceptors (Lipinski definition) is 2. The summed E-state index contributed by atoms with van der Waals surface area (Å²) in [4.78, 5) is 3.88. The van der Waals surface area contributed by atoms with Gasteiger partial charge in [0, 0.05) is 0 Å². The van der Waals surface area contributed by atoms with E-state index in [-0.39, 0.29) is 0 Å². The van der Waals surface area contributed by atoms with Gasteiger partial charge in [-0.15, -0.1) is 0 Å². The topological polar surface area (TPSA) is 38.9 Å². The largest absolute Gasteiger partial charge is 0.384 e. The summed E-state index contributed by atoms with van der Waals surface area (Å²) in [5.74, 6) is 0.493. The maximum Gasteiger partial charge on any atom is 0.124 e. The standard InChI is InChI=1S/C7H8N2/c1-5-3-4-7(8)9-6(5)2/h3-4H,1-2H2,(H2,8,9). The number of nitrogens with two attached hydrogens (primary N) is 1. The van der Waals surface area contributed by atoms with Gasteiger partial charge < -0.3 is 5.73 Å². The molecule has 0 amide bonds. The fraction of sp³-hybridized carbons (Fsp3) is 0. The van der Waals surface area contributed by atoms with Gasteiger partial charge in [-0.2, -0.15) is 0 Å². The van der Waals surface area contributed by atoms with Gasteiger partial charge in [-0.3, -0.25) is 0 Å². The van der Waals surface area contributed by atoms with Crippen LogP contribution in [0.3, 0.4) is 0 Å². The van der Waals surface area contributed by atoms with E-state index in [1.54, 1.807) is 12.1 Å². The van der Waals surface area contributed by atoms with Gasteiger partial charge in [0.15, 0.2) is 0 Å². The first-order chi connectivity index (χ1) is 4.20. The van der Waals surface area contributed by atoms with Crippen molar-refractivity contribution in [3.05, 3.63) is 22.7 Å². The van der Waals surface area contributed by atoms with E-state index < -0.39 is 0 Å². The molecule has 1 heterocycles. The lowest BCUT2D eigenvalue weighted by atomic mass is 10.4. The summed E-state index contributed by atoms with van der Waals surface area (Å²) in [7, 11) is 0. The van der Waals surface area contributed by atoms with E-state index >= 15 is 0 Å². The fourth-order valence-electron chi connectivity index (χ4n) is 0.547. The molecule has 0 fully saturated rings. The zero-order chi connectivity index (χ0) is 6.85. The molecule has 0 unspecified atom stereocenters. The molecule has 1 rings (SSSR count). The lowest BCUT2D eigenvalue weighted by Crippen LogP contribution is -2.25. The minimum Gasteiger partial charge on any atom is -0.384 e. The van der Waals surface area contributed by atoms with Crippen molar-refractivity contribution >= 4 is 19.0 Å². The Labute approximate surface area is 53.3 Å². The van der Waals surface area contributed by atoms with Gasteiger partial charge in [0.05, 0.1) is 5.35 Å². The molecular weight excluding hydrogens is 112 g/mol. The summed E-state index contributed by atoms with van der Waals surface area (Å²) >= 11 is 0. The molecular formula is C7H8N2. The molecule has 0 atom stereocenters. The van der Waals surface area contributed by atoms with E-state index in [9.17, 15) is 0 Å². The zero-order valence-electron chi connectivity index (χ0n) is 5.09. The first-order valence-electron chi connectivity index (χ1n) is 2.60. The molecule has 2 heteroatoms. The van der Waals surface area contributed by atoms with Crippen molar-refractivity contribution in [3.8, 4) is 0 Å². The second-order valence-corrected chi connectivity index (χ2v) is 1.84. The predicted molar refractivity (Wildman–Crippen MR) is 38.9 cm³/mol. The van der Waals surface area contributed by atoms with Crippen LogP contribution in [0.25, 0.3) is 13.2 Å². The van der Waals surface area contributed by atoms with E-state index in [2.05, 4.69) is 18.1 Å². The number of pyridine rings is 1. The maximum atomic E-state index is 5.35. The number of nitrogens with zero attached hydrogens (tertiary/aromatic N) is 1. The van der Waals surface area contributed by atoms with Gasteiger partial charge in [-0.25, -0.2) is 4.98 Å². The summed E-state index contributed by atoms with van der Waals surface area (Å²) in [5.41, 5.74) is 5.35. The van der Waals surface area contributed by atoms with Crippen molar-refractivity contribution in [1.82, 2.24) is 4.98 Å². The minimum atomic E-state index is 0.493. The number of nitrogen functional groups attached to an aromatic ring is 1. The van der Waals surface area contributed by atoms with Crippen molar-refractivity contribution in [2.24, 2.45) is 0 Å². The van der Waals surface area contributed by atoms with Crippen molar-refractivity contribution in [3.63, 3.8) is 0 Å². The summed E-state index contributed by atoms with van der Waals surface area (Å²) in [6.45, 7) is 7.31. The van der Waals surface area contributed by atoms with Crippen LogP contribution in [0.1, 0.15) is 0 Å². The molecule has 0 saturated heterocycles. The molecule has 0 spiro atoms. The smallest absolute Gasteiger partial charge is 0.124 e. The maximum absolute atomic E-state index is 5.35. The van der Waals surface area contributed by atoms with Crippen LogP contribution in [0, 0.1) is 0 Å². The van der Waals surface area contributed by atoms with E-state index in [0.717, 1.165) is 5.22 Å². The van der Waals surface area contributed by atoms with Crippen LogP contribution in [0.5, 0.6) is 0 Å². The van der Waals surface area contributed by atoms with Crippen LogP contribution in [0.15, 0.2) is 12.1 Å². The molecule has 1 aromatic heterocycles. The van der Waals surface area contributed by atoms with Crippen LogP contribution >= 0.6 is 0 Å². The average molecular weight is 120 g/mol. The lowest BCUT2D eigenvalue weighted by molar-refractivity contribution is 1.24. The van der Waals surface area contributed by atoms with Crippen LogP contribution in [0.4, 0.5) is 5.82 Å². The Morgan fingerprint density at radius 2 is 2.00 bits per heavy atom. The van der Waals surface area contributed by atoms with E-state index in [1.165, 1.54) is 0 Å². The third-order valence-electron chi connectivity index (χ3n) is 1.09. The van der Waals surface area contributed by atoms with Crippen LogP contribution < -0.4 is 16.3 Å². The Balaban J connectivity index is 3.53. The first-order valence-corrected chi connectivity index (χ1v) is 2.60. The Hall–Kier alpha value is -1.31. The lowest BCUT2D eigenvalue weighted by Gasteiger charge is -1.88. The third-order valence-corrected chi connectivity index (χ3v) is 1.09. The number of aromatic nitrogens is 1. The summed E-state index contributed by atoms with van der Waals surface area (Å²) in [5, 5.41) is 1.47. The molecule has 2 N–H and O–H groups in total. The number of anilines is 1. The van der Waals surface area contributed by atoms with Crippen LogP contribution in [0.2, 0.25) is 0 Å². The molecule has 9 heavy (non-hydrogen) atoms. The first kappa shape index (κ1) is 5.82. The number of hydrogen-bond donors (Lipinski definition) is 1. The minimum absolute atomic E-state index is 0.493. The monoisotopic (exact) mass is 120 g/mol. The average Bonchev–Trinajstić information content (AvgIpc) is 1.80. The Morgan fingerprint density at radius 1 is 1.33 bits per heavy atom. The van der Waals surface area contributed by atoms with Crippen molar-refractivity contribution < 1.29 is 0 Å². The second kappa shape index (κ2) is 1.90. The molecule has 0 radical (unpaired) electrons. The predicted octanol–water partition coefficient (Wildman–Crippen LogP) is -0.516. The van der Waals surface area contributed by atoms with E-state index in [4.69, 9.17) is 5.73 Å². The van der Waals surface area contributed by atoms with Gasteiger partial charge in [-0.1, -0.05) is 13.2 Å². The molecule has 2 nitrogen and oxygen atoms in total. The summed E-state index contributed by atoms with van der Waals surface area (Å²) in [6, 6.07) is 3.50. The molecule has 0 aromatic carbocycles. The Kier molecular flexibility index (Phi) is 1.23. The molecule has 0 aliphatic rings. The second-order valence-electron chi connectivity index (χ2n) is 1.84. The normalized spacial score (nSPS) is 9.33. The Morgan fingerprint density at radius 3 is 2.44 bits per heavy atom. The van der Waals surface area contributed by atoms with Gasteiger partial charge >= 0.3 is 0 Å². The van der Waals surface area contributed by atoms with Gasteiger partial charge in [0.1, 0.15) is 5.82 Å². The molecule has 0 bridgehead atoms. The highest BCUT2D eigenvalue weighted by atomic mass is 14.8. The molecule has 1 aromatic rings. The molecule has 0 aliphatic carbocycles. The quantitative estimate of drug-likeness (QED) is 0.500. The molecule has 0 saturated carbocycles. The molecule has 46 valence electrons. The fourth-order valence-corrected chi connectivity index (χ4v) is 0.547. The molecule has 0 aliphatic heterocycles. The Bertz CT molecular complexity index is 303. The van der Waals surface area contributed by atoms with Gasteiger partial charge in [0.25, 0.3) is 0 Å². The van der Waals surface area contributed by atoms with E-state index in [0.29, 0.717) is 11.2 Å². The van der Waals surface area contributed by atoms with Crippen molar-refractivity contribution in [2.45, 2.75) is 0 Å². The van der Waals surface area contributed by atoms with Crippen molar-refractivity contribution in [1.29, 1.82) is 0 Å². The zero-order valence-corrected chi connectivity index (χ0v) is 5.09. The third kappa shape index (κ3) is 1.08. The van der Waals surface area contributed by atoms with Crippen molar-refractivity contribution in [2.75, 3.05) is 5.73 Å². The summed E-state index contributed by atoms with van der Waals surface area (Å²) in [6.07, 6.45) is 0. The van der Waals surface area contributed by atoms with E-state index in [1.807, 2.05) is 0 Å². The van der Waals surface area contributed by atoms with Gasteiger partial charge in [0.2, 0.25) is 0 Å². The van der Waals surface area contributed by atoms with Crippen LogP contribution in [-0.2, 0) is 0 Å². The highest BCUT2D eigenvalue weighted by Gasteiger charge is 1.81. The van der Waals surface area contributed by atoms with Gasteiger partial charge in [-0.05, 0) is 17.4 Å². The SMILES string of the molecule is C=c1ccc(N)nc1=C. The van der Waals surface area contributed by atoms with Crippen LogP contribution in [-0.4, -0.2) is 4.98 Å². The highest BCUT2D eigenvalue weighted by molar-refractivity contribution is 5.28. The number of rotatable bonds is 0. The summed E-state index contributed by atoms with van der Waals surface area (Å²) < 4.78 is 0. The highest BCUT2D eigenvalue weighted by Crippen LogP contribution is 1.82.